The predicted octanol–water partition coefficient (Wildman–Crippen LogP) is 0.985. The van der Waals surface area contributed by atoms with Gasteiger partial charge in [0.1, 0.15) is 0 Å². The van der Waals surface area contributed by atoms with Crippen molar-refractivity contribution in [2.45, 2.75) is 25.7 Å². The molecule has 6 nitrogen and oxygen atoms in total. The average Bonchev–Trinajstić information content (AvgIpc) is 2.24. The Labute approximate surface area is 100 Å². The van der Waals surface area contributed by atoms with Crippen LogP contribution in [0.2, 0.25) is 0 Å². The number of aliphatic carboxylic acids is 1. The van der Waals surface area contributed by atoms with E-state index in [0.29, 0.717) is 19.4 Å². The molecule has 0 aromatic heterocycles. The SMILES string of the molecule is C=CCN(C)C(=O)NC(=O)CCCCC(=O)O. The fourth-order valence-corrected chi connectivity index (χ4v) is 1.12. The van der Waals surface area contributed by atoms with Crippen molar-refractivity contribution in [2.75, 3.05) is 13.6 Å². The number of imide groups is 1. The predicted molar refractivity (Wildman–Crippen MR) is 62.5 cm³/mol. The number of unbranched alkanes of at least 4 members (excludes halogenated alkanes) is 1. The molecule has 0 fully saturated rings. The van der Waals surface area contributed by atoms with Gasteiger partial charge in [0.2, 0.25) is 5.91 Å². The number of carbonyl (C=O) groups excluding carboxylic acids is 2. The first-order valence-corrected chi connectivity index (χ1v) is 5.35. The van der Waals surface area contributed by atoms with E-state index in [9.17, 15) is 14.4 Å². The molecular formula is C11H18N2O4. The Kier molecular flexibility index (Phi) is 7.41. The van der Waals surface area contributed by atoms with E-state index in [2.05, 4.69) is 11.9 Å². The van der Waals surface area contributed by atoms with Crippen molar-refractivity contribution in [1.82, 2.24) is 10.2 Å². The zero-order valence-corrected chi connectivity index (χ0v) is 9.94. The van der Waals surface area contributed by atoms with Gasteiger partial charge in [-0.25, -0.2) is 4.79 Å². The zero-order valence-electron chi connectivity index (χ0n) is 9.94. The van der Waals surface area contributed by atoms with E-state index in [1.54, 1.807) is 13.1 Å². The van der Waals surface area contributed by atoms with Crippen LogP contribution in [0.25, 0.3) is 0 Å². The zero-order chi connectivity index (χ0) is 13.3. The second kappa shape index (κ2) is 8.32. The molecule has 3 amide bonds. The number of hydrogen-bond donors (Lipinski definition) is 2. The molecular weight excluding hydrogens is 224 g/mol. The number of hydrogen-bond acceptors (Lipinski definition) is 3. The van der Waals surface area contributed by atoms with Crippen LogP contribution in [0, 0.1) is 0 Å². The monoisotopic (exact) mass is 242 g/mol. The minimum atomic E-state index is -0.882. The molecule has 0 aliphatic heterocycles. The molecule has 17 heavy (non-hydrogen) atoms. The number of nitrogens with zero attached hydrogens (tertiary/aromatic N) is 1. The van der Waals surface area contributed by atoms with Gasteiger partial charge >= 0.3 is 12.0 Å². The first-order chi connectivity index (χ1) is 7.97. The van der Waals surface area contributed by atoms with Gasteiger partial charge in [0.15, 0.2) is 0 Å². The molecule has 0 rings (SSSR count). The third-order valence-electron chi connectivity index (χ3n) is 2.04. The molecule has 0 aromatic carbocycles. The number of carboxylic acids is 1. The number of rotatable bonds is 7. The molecule has 0 saturated heterocycles. The fourth-order valence-electron chi connectivity index (χ4n) is 1.12. The van der Waals surface area contributed by atoms with Crippen molar-refractivity contribution in [1.29, 1.82) is 0 Å². The Bertz CT molecular complexity index is 302. The van der Waals surface area contributed by atoms with Crippen LogP contribution in [-0.4, -0.2) is 41.5 Å². The summed E-state index contributed by atoms with van der Waals surface area (Å²) in [6.45, 7) is 3.84. The first kappa shape index (κ1) is 15.2. The van der Waals surface area contributed by atoms with Gasteiger partial charge in [0.05, 0.1) is 0 Å². The van der Waals surface area contributed by atoms with E-state index in [1.165, 1.54) is 4.90 Å². The van der Waals surface area contributed by atoms with E-state index < -0.39 is 17.9 Å². The minimum absolute atomic E-state index is 0.0393. The van der Waals surface area contributed by atoms with Crippen molar-refractivity contribution in [3.8, 4) is 0 Å². The molecule has 0 aromatic rings. The maximum Gasteiger partial charge on any atom is 0.324 e. The molecule has 0 atom stereocenters. The first-order valence-electron chi connectivity index (χ1n) is 5.35. The highest BCUT2D eigenvalue weighted by Crippen LogP contribution is 1.99. The molecule has 0 unspecified atom stereocenters. The van der Waals surface area contributed by atoms with Crippen molar-refractivity contribution < 1.29 is 19.5 Å². The van der Waals surface area contributed by atoms with Crippen LogP contribution >= 0.6 is 0 Å². The summed E-state index contributed by atoms with van der Waals surface area (Å²) in [7, 11) is 1.55. The highest BCUT2D eigenvalue weighted by atomic mass is 16.4. The van der Waals surface area contributed by atoms with E-state index >= 15 is 0 Å². The Balaban J connectivity index is 3.74. The van der Waals surface area contributed by atoms with Crippen LogP contribution in [0.4, 0.5) is 4.79 Å². The molecule has 0 aliphatic carbocycles. The summed E-state index contributed by atoms with van der Waals surface area (Å²) in [5.41, 5.74) is 0. The summed E-state index contributed by atoms with van der Waals surface area (Å²) in [6.07, 6.45) is 2.63. The lowest BCUT2D eigenvalue weighted by atomic mass is 10.2. The normalized spacial score (nSPS) is 9.47. The molecule has 6 heteroatoms. The van der Waals surface area contributed by atoms with Crippen LogP contribution in [0.3, 0.4) is 0 Å². The Morgan fingerprint density at radius 2 is 1.88 bits per heavy atom. The summed E-state index contributed by atoms with van der Waals surface area (Å²) in [6, 6.07) is -0.479. The molecule has 0 bridgehead atoms. The van der Waals surface area contributed by atoms with E-state index in [4.69, 9.17) is 5.11 Å². The van der Waals surface area contributed by atoms with Crippen LogP contribution in [0.5, 0.6) is 0 Å². The van der Waals surface area contributed by atoms with Crippen molar-refractivity contribution in [2.24, 2.45) is 0 Å². The fraction of sp³-hybridized carbons (Fsp3) is 0.545. The van der Waals surface area contributed by atoms with Crippen LogP contribution in [0.15, 0.2) is 12.7 Å². The van der Waals surface area contributed by atoms with Crippen molar-refractivity contribution in [3.05, 3.63) is 12.7 Å². The second-order valence-corrected chi connectivity index (χ2v) is 3.62. The number of nitrogens with one attached hydrogen (secondary N) is 1. The summed E-state index contributed by atoms with van der Waals surface area (Å²) in [4.78, 5) is 34.1. The Morgan fingerprint density at radius 1 is 1.29 bits per heavy atom. The summed E-state index contributed by atoms with van der Waals surface area (Å²) in [5, 5.41) is 10.6. The summed E-state index contributed by atoms with van der Waals surface area (Å²) < 4.78 is 0. The van der Waals surface area contributed by atoms with Gasteiger partial charge in [-0.3, -0.25) is 14.9 Å². The van der Waals surface area contributed by atoms with Crippen molar-refractivity contribution >= 4 is 17.9 Å². The van der Waals surface area contributed by atoms with Gasteiger partial charge in [0.25, 0.3) is 0 Å². The lowest BCUT2D eigenvalue weighted by molar-refractivity contribution is -0.137. The van der Waals surface area contributed by atoms with Crippen LogP contribution in [0.1, 0.15) is 25.7 Å². The molecule has 0 spiro atoms. The van der Waals surface area contributed by atoms with Gasteiger partial charge in [-0.2, -0.15) is 0 Å². The number of carbonyl (C=O) groups is 3. The van der Waals surface area contributed by atoms with E-state index in [-0.39, 0.29) is 12.8 Å². The number of amides is 3. The van der Waals surface area contributed by atoms with Gasteiger partial charge in [-0.05, 0) is 12.8 Å². The molecule has 0 saturated carbocycles. The van der Waals surface area contributed by atoms with E-state index in [0.717, 1.165) is 0 Å². The maximum absolute atomic E-state index is 11.3. The molecule has 96 valence electrons. The van der Waals surface area contributed by atoms with Crippen LogP contribution in [-0.2, 0) is 9.59 Å². The minimum Gasteiger partial charge on any atom is -0.481 e. The lowest BCUT2D eigenvalue weighted by Gasteiger charge is -2.14. The van der Waals surface area contributed by atoms with Gasteiger partial charge < -0.3 is 10.0 Å². The maximum atomic E-state index is 11.3. The average molecular weight is 242 g/mol. The largest absolute Gasteiger partial charge is 0.481 e. The standard InChI is InChI=1S/C11H18N2O4/c1-3-8-13(2)11(17)12-9(14)6-4-5-7-10(15)16/h3H,1,4-8H2,2H3,(H,15,16)(H,12,14,17). The quantitative estimate of drug-likeness (QED) is 0.514. The number of carboxylic acid groups (broad SMARTS) is 1. The summed E-state index contributed by atoms with van der Waals surface area (Å²) >= 11 is 0. The summed E-state index contributed by atoms with van der Waals surface area (Å²) in [5.74, 6) is -1.27. The lowest BCUT2D eigenvalue weighted by Crippen LogP contribution is -2.40. The highest BCUT2D eigenvalue weighted by Gasteiger charge is 2.10. The number of urea groups is 1. The van der Waals surface area contributed by atoms with Gasteiger partial charge in [-0.1, -0.05) is 6.08 Å². The molecule has 0 aliphatic rings. The Morgan fingerprint density at radius 3 is 2.41 bits per heavy atom. The van der Waals surface area contributed by atoms with Gasteiger partial charge in [0, 0.05) is 26.4 Å². The number of likely N-dealkylation sites (N-methyl/N-ethyl adjacent to an activating group) is 1. The molecule has 2 N–H and O–H groups in total. The third kappa shape index (κ3) is 8.01. The smallest absolute Gasteiger partial charge is 0.324 e. The van der Waals surface area contributed by atoms with Gasteiger partial charge in [-0.15, -0.1) is 6.58 Å². The van der Waals surface area contributed by atoms with Crippen molar-refractivity contribution in [3.63, 3.8) is 0 Å². The second-order valence-electron chi connectivity index (χ2n) is 3.62. The molecule has 0 radical (unpaired) electrons. The third-order valence-corrected chi connectivity index (χ3v) is 2.04. The highest BCUT2D eigenvalue weighted by molar-refractivity contribution is 5.94. The topological polar surface area (TPSA) is 86.7 Å². The Hall–Kier alpha value is -1.85. The molecule has 0 heterocycles. The van der Waals surface area contributed by atoms with E-state index in [1.807, 2.05) is 0 Å². The van der Waals surface area contributed by atoms with Crippen LogP contribution < -0.4 is 5.32 Å².